The number of nitrogens with zero attached hydrogens (tertiary/aromatic N) is 4. The number of primary amides is 1. The Hall–Kier alpha value is -5.13. The number of nitrogens with one attached hydrogen (secondary N) is 2. The summed E-state index contributed by atoms with van der Waals surface area (Å²) in [5.74, 6) is 1.11. The molecule has 1 aliphatic carbocycles. The summed E-state index contributed by atoms with van der Waals surface area (Å²) in [6.45, 7) is 2.05. The Morgan fingerprint density at radius 2 is 1.95 bits per heavy atom. The highest BCUT2D eigenvalue weighted by atomic mass is 16.5. The zero-order valence-electron chi connectivity index (χ0n) is 24.3. The number of anilines is 2. The van der Waals surface area contributed by atoms with Gasteiger partial charge in [0.15, 0.2) is 11.5 Å². The van der Waals surface area contributed by atoms with Gasteiger partial charge in [-0.1, -0.05) is 6.07 Å². The summed E-state index contributed by atoms with van der Waals surface area (Å²) in [5, 5.41) is 4.01. The third-order valence-electron chi connectivity index (χ3n) is 7.62. The highest BCUT2D eigenvalue weighted by Crippen LogP contribution is 2.38. The normalized spacial score (nSPS) is 13.5. The van der Waals surface area contributed by atoms with Crippen molar-refractivity contribution < 1.29 is 23.5 Å². The number of ether oxygens (including phenoxy) is 2. The number of fused-ring (bicyclic) bond motifs is 2. The number of aryl methyl sites for hydroxylation is 1. The van der Waals surface area contributed by atoms with Crippen LogP contribution in [0.3, 0.4) is 0 Å². The van der Waals surface area contributed by atoms with Gasteiger partial charge in [0.25, 0.3) is 5.91 Å². The molecule has 1 aliphatic rings. The number of H-pyrrole nitrogens is 1. The van der Waals surface area contributed by atoms with E-state index in [0.717, 1.165) is 47.7 Å². The smallest absolute Gasteiger partial charge is 0.253 e. The summed E-state index contributed by atoms with van der Waals surface area (Å²) in [6.07, 6.45) is 6.21. The van der Waals surface area contributed by atoms with Crippen LogP contribution < -0.4 is 20.5 Å². The fraction of sp³-hybridized carbons (Fsp3) is 0.323. The van der Waals surface area contributed by atoms with Crippen LogP contribution in [0.4, 0.5) is 11.6 Å². The van der Waals surface area contributed by atoms with Crippen LogP contribution in [-0.2, 0) is 4.79 Å². The van der Waals surface area contributed by atoms with Crippen LogP contribution in [0.15, 0.2) is 47.0 Å². The zero-order chi connectivity index (χ0) is 30.1. The molecular weight excluding hydrogens is 550 g/mol. The molecule has 5 aromatic rings. The molecule has 12 nitrogen and oxygen atoms in total. The van der Waals surface area contributed by atoms with Crippen LogP contribution >= 0.6 is 0 Å². The Kier molecular flexibility index (Phi) is 7.58. The molecule has 0 aliphatic heterocycles. The van der Waals surface area contributed by atoms with E-state index in [1.54, 1.807) is 25.2 Å². The summed E-state index contributed by atoms with van der Waals surface area (Å²) in [5.41, 5.74) is 10.1. The second-order valence-electron chi connectivity index (χ2n) is 10.7. The molecule has 0 radical (unpaired) electrons. The number of aromatic amines is 1. The Labute approximate surface area is 247 Å². The van der Waals surface area contributed by atoms with E-state index in [0.29, 0.717) is 45.9 Å². The predicted octanol–water partition coefficient (Wildman–Crippen LogP) is 5.10. The highest BCUT2D eigenvalue weighted by Gasteiger charge is 2.23. The first-order valence-corrected chi connectivity index (χ1v) is 14.2. The van der Waals surface area contributed by atoms with Crippen LogP contribution in [0.5, 0.6) is 11.6 Å². The monoisotopic (exact) mass is 583 g/mol. The molecule has 43 heavy (non-hydrogen) atoms. The molecule has 0 saturated heterocycles. The van der Waals surface area contributed by atoms with E-state index in [2.05, 4.69) is 15.3 Å². The molecule has 3 aromatic heterocycles. The van der Waals surface area contributed by atoms with Crippen LogP contribution in [0.2, 0.25) is 0 Å². The fourth-order valence-electron chi connectivity index (χ4n) is 5.39. The number of carbonyl (C=O) groups is 2. The van der Waals surface area contributed by atoms with Gasteiger partial charge in [0.1, 0.15) is 23.0 Å². The topological polar surface area (TPSA) is 161 Å². The zero-order valence-corrected chi connectivity index (χ0v) is 24.3. The Morgan fingerprint density at radius 3 is 2.72 bits per heavy atom. The lowest BCUT2D eigenvalue weighted by Gasteiger charge is -2.18. The maximum Gasteiger partial charge on any atom is 0.253 e. The molecule has 2 aromatic carbocycles. The summed E-state index contributed by atoms with van der Waals surface area (Å²) in [6, 6.07) is 10.9. The Bertz CT molecular complexity index is 1820. The van der Waals surface area contributed by atoms with Gasteiger partial charge in [-0.15, -0.1) is 0 Å². The van der Waals surface area contributed by atoms with Gasteiger partial charge in [-0.2, -0.15) is 9.97 Å². The Morgan fingerprint density at radius 1 is 1.14 bits per heavy atom. The summed E-state index contributed by atoms with van der Waals surface area (Å²) < 4.78 is 17.9. The lowest BCUT2D eigenvalue weighted by Crippen LogP contribution is -2.30. The maximum absolute atomic E-state index is 12.9. The third-order valence-corrected chi connectivity index (χ3v) is 7.62. The minimum absolute atomic E-state index is 0.0690. The number of nitrogens with two attached hydrogens (primary N) is 1. The molecule has 6 rings (SSSR count). The quantitative estimate of drug-likeness (QED) is 0.203. The van der Waals surface area contributed by atoms with Crippen molar-refractivity contribution in [3.8, 4) is 22.8 Å². The molecular formula is C31H33N7O5. The number of hydrogen-bond acceptors (Lipinski definition) is 9. The molecule has 0 unspecified atom stereocenters. The average molecular weight is 584 g/mol. The van der Waals surface area contributed by atoms with E-state index >= 15 is 0 Å². The summed E-state index contributed by atoms with van der Waals surface area (Å²) in [7, 11) is 3.14. The number of amides is 2. The lowest BCUT2D eigenvalue weighted by molar-refractivity contribution is -0.118. The van der Waals surface area contributed by atoms with E-state index < -0.39 is 5.91 Å². The van der Waals surface area contributed by atoms with Crippen molar-refractivity contribution in [1.82, 2.24) is 24.8 Å². The van der Waals surface area contributed by atoms with Crippen molar-refractivity contribution in [2.24, 2.45) is 5.73 Å². The van der Waals surface area contributed by atoms with Crippen LogP contribution in [0, 0.1) is 6.92 Å². The molecule has 1 fully saturated rings. The average Bonchev–Trinajstić information content (AvgIpc) is 3.75. The molecule has 3 heterocycles. The molecule has 1 saturated carbocycles. The molecule has 4 N–H and O–H groups in total. The first-order valence-electron chi connectivity index (χ1n) is 14.2. The van der Waals surface area contributed by atoms with Crippen molar-refractivity contribution in [1.29, 1.82) is 0 Å². The maximum atomic E-state index is 12.9. The second kappa shape index (κ2) is 11.6. The van der Waals surface area contributed by atoms with Gasteiger partial charge >= 0.3 is 0 Å². The number of oxazole rings is 1. The van der Waals surface area contributed by atoms with Gasteiger partial charge in [0.05, 0.1) is 18.2 Å². The Balaban J connectivity index is 1.34. The molecule has 0 spiro atoms. The van der Waals surface area contributed by atoms with Crippen molar-refractivity contribution >= 4 is 45.6 Å². The highest BCUT2D eigenvalue weighted by molar-refractivity contribution is 5.99. The lowest BCUT2D eigenvalue weighted by atomic mass is 10.1. The first-order chi connectivity index (χ1) is 20.8. The standard InChI is InChI=1S/C31H33N7O5/c1-17-34-23-10-8-18(14-25(23)42-17)21-16-33-28-27(21)29(43-20-6-4-5-7-20)37-31(36-28)35-22-11-9-19(15-24(22)41-3)30(40)38(2)13-12-26(32)39/h8-11,14-16,20H,4-7,12-13H2,1-3H3,(H2,32,39)(H2,33,35,36,37). The van der Waals surface area contributed by atoms with Gasteiger partial charge in [0, 0.05) is 44.3 Å². The second-order valence-corrected chi connectivity index (χ2v) is 10.7. The number of hydrogen-bond donors (Lipinski definition) is 3. The molecule has 222 valence electrons. The van der Waals surface area contributed by atoms with Gasteiger partial charge < -0.3 is 34.8 Å². The number of methoxy groups -OCH3 is 1. The van der Waals surface area contributed by atoms with Gasteiger partial charge in [0.2, 0.25) is 17.7 Å². The predicted molar refractivity (Wildman–Crippen MR) is 162 cm³/mol. The van der Waals surface area contributed by atoms with E-state index in [-0.39, 0.29) is 25.0 Å². The molecule has 0 bridgehead atoms. The van der Waals surface area contributed by atoms with Crippen LogP contribution in [0.25, 0.3) is 33.3 Å². The minimum atomic E-state index is -0.467. The van der Waals surface area contributed by atoms with Crippen molar-refractivity contribution in [3.05, 3.63) is 54.0 Å². The minimum Gasteiger partial charge on any atom is -0.495 e. The number of carbonyl (C=O) groups excluding carboxylic acids is 2. The van der Waals surface area contributed by atoms with E-state index in [4.69, 9.17) is 29.6 Å². The number of benzene rings is 2. The largest absolute Gasteiger partial charge is 0.495 e. The van der Waals surface area contributed by atoms with Gasteiger partial charge in [-0.3, -0.25) is 9.59 Å². The summed E-state index contributed by atoms with van der Waals surface area (Å²) in [4.78, 5) is 42.7. The van der Waals surface area contributed by atoms with Crippen LogP contribution in [0.1, 0.15) is 48.4 Å². The van der Waals surface area contributed by atoms with Crippen molar-refractivity contribution in [3.63, 3.8) is 0 Å². The molecule has 0 atom stereocenters. The summed E-state index contributed by atoms with van der Waals surface area (Å²) >= 11 is 0. The number of rotatable bonds is 10. The molecule has 2 amide bonds. The fourth-order valence-corrected chi connectivity index (χ4v) is 5.39. The molecule has 12 heteroatoms. The first kappa shape index (κ1) is 28.0. The number of aromatic nitrogens is 4. The third kappa shape index (κ3) is 5.81. The van der Waals surface area contributed by atoms with Gasteiger partial charge in [-0.05, 0) is 61.6 Å². The van der Waals surface area contributed by atoms with E-state index in [1.807, 2.05) is 31.3 Å². The SMILES string of the molecule is COc1cc(C(=O)N(C)CCC(N)=O)ccc1Nc1nc(OC2CCCC2)c2c(-c3ccc4nc(C)oc4c3)c[nH]c2n1. The van der Waals surface area contributed by atoms with E-state index in [1.165, 1.54) is 12.0 Å². The van der Waals surface area contributed by atoms with Crippen molar-refractivity contribution in [2.75, 3.05) is 26.0 Å². The van der Waals surface area contributed by atoms with E-state index in [9.17, 15) is 9.59 Å². The van der Waals surface area contributed by atoms with Crippen molar-refractivity contribution in [2.45, 2.75) is 45.1 Å². The van der Waals surface area contributed by atoms with Crippen LogP contribution in [-0.4, -0.2) is 63.5 Å². The van der Waals surface area contributed by atoms with Gasteiger partial charge in [-0.25, -0.2) is 4.98 Å².